The van der Waals surface area contributed by atoms with E-state index in [0.29, 0.717) is 29.2 Å². The summed E-state index contributed by atoms with van der Waals surface area (Å²) in [5, 5.41) is 3.51. The van der Waals surface area contributed by atoms with E-state index in [0.717, 1.165) is 23.2 Å². The predicted octanol–water partition coefficient (Wildman–Crippen LogP) is 5.56. The van der Waals surface area contributed by atoms with E-state index in [2.05, 4.69) is 20.3 Å². The number of benzene rings is 2. The van der Waals surface area contributed by atoms with Gasteiger partial charge in [0.2, 0.25) is 11.8 Å². The normalized spacial score (nSPS) is 10.5. The van der Waals surface area contributed by atoms with E-state index in [1.54, 1.807) is 12.4 Å². The highest BCUT2D eigenvalue weighted by molar-refractivity contribution is 6.32. The number of anilines is 2. The summed E-state index contributed by atoms with van der Waals surface area (Å²) in [5.74, 6) is 0.837. The largest absolute Gasteiger partial charge is 0.477 e. The van der Waals surface area contributed by atoms with Crippen molar-refractivity contribution in [3.05, 3.63) is 95.9 Å². The highest BCUT2D eigenvalue weighted by Gasteiger charge is 2.17. The zero-order chi connectivity index (χ0) is 19.9. The molecule has 0 atom stereocenters. The van der Waals surface area contributed by atoms with Gasteiger partial charge in [0, 0.05) is 24.5 Å². The van der Waals surface area contributed by atoms with Gasteiger partial charge < -0.3 is 10.1 Å². The van der Waals surface area contributed by atoms with E-state index < -0.39 is 0 Å². The minimum atomic E-state index is 0.337. The quantitative estimate of drug-likeness (QED) is 0.410. The average Bonchev–Trinajstić information content (AvgIpc) is 2.76. The Morgan fingerprint density at radius 2 is 1.52 bits per heavy atom. The van der Waals surface area contributed by atoms with E-state index in [-0.39, 0.29) is 0 Å². The van der Waals surface area contributed by atoms with Gasteiger partial charge in [0.05, 0.1) is 12.2 Å². The van der Waals surface area contributed by atoms with Crippen molar-refractivity contribution in [3.63, 3.8) is 0 Å². The average molecular weight is 403 g/mol. The molecular weight excluding hydrogens is 384 g/mol. The molecule has 4 aromatic rings. The van der Waals surface area contributed by atoms with Gasteiger partial charge >= 0.3 is 0 Å². The molecule has 0 radical (unpaired) electrons. The minimum Gasteiger partial charge on any atom is -0.477 e. The second-order valence-electron chi connectivity index (χ2n) is 6.33. The number of para-hydroxylation sites is 1. The molecule has 2 heterocycles. The van der Waals surface area contributed by atoms with Crippen molar-refractivity contribution in [1.82, 2.24) is 15.0 Å². The van der Waals surface area contributed by atoms with Crippen molar-refractivity contribution in [2.75, 3.05) is 11.9 Å². The second kappa shape index (κ2) is 9.17. The number of hydrogen-bond donors (Lipinski definition) is 1. The number of ether oxygens (including phenoxy) is 1. The molecule has 2 aromatic heterocycles. The zero-order valence-electron chi connectivity index (χ0n) is 15.6. The molecule has 0 saturated heterocycles. The van der Waals surface area contributed by atoms with E-state index in [9.17, 15) is 0 Å². The minimum absolute atomic E-state index is 0.337. The van der Waals surface area contributed by atoms with Crippen LogP contribution < -0.4 is 10.1 Å². The molecule has 29 heavy (non-hydrogen) atoms. The number of aromatic nitrogens is 3. The standard InChI is InChI=1S/C23H19ClN4O/c24-21-20(18-7-3-1-4-8-18)22(29-16-13-17-11-14-25-15-12-17)28-23(27-21)26-19-9-5-2-6-10-19/h1-12,14-15H,13,16H2,(H,26,27,28). The first-order valence-electron chi connectivity index (χ1n) is 9.26. The maximum absolute atomic E-state index is 6.55. The SMILES string of the molecule is Clc1nc(Nc2ccccc2)nc(OCCc2ccncc2)c1-c1ccccc1. The van der Waals surface area contributed by atoms with Crippen molar-refractivity contribution in [2.45, 2.75) is 6.42 Å². The molecule has 0 saturated carbocycles. The van der Waals surface area contributed by atoms with Crippen LogP contribution in [-0.2, 0) is 6.42 Å². The molecular formula is C23H19ClN4O. The summed E-state index contributed by atoms with van der Waals surface area (Å²) in [5.41, 5.74) is 3.60. The lowest BCUT2D eigenvalue weighted by atomic mass is 10.1. The zero-order valence-corrected chi connectivity index (χ0v) is 16.4. The Hall–Kier alpha value is -3.44. The van der Waals surface area contributed by atoms with Crippen LogP contribution in [0.5, 0.6) is 5.88 Å². The molecule has 144 valence electrons. The third kappa shape index (κ3) is 4.89. The van der Waals surface area contributed by atoms with E-state index in [1.165, 1.54) is 0 Å². The maximum atomic E-state index is 6.55. The van der Waals surface area contributed by atoms with Crippen LogP contribution in [0.4, 0.5) is 11.6 Å². The first kappa shape index (κ1) is 18.9. The predicted molar refractivity (Wildman–Crippen MR) is 116 cm³/mol. The van der Waals surface area contributed by atoms with Crippen LogP contribution in [0.15, 0.2) is 85.2 Å². The van der Waals surface area contributed by atoms with Gasteiger partial charge in [0.25, 0.3) is 0 Å². The van der Waals surface area contributed by atoms with E-state index in [4.69, 9.17) is 16.3 Å². The number of hydrogen-bond acceptors (Lipinski definition) is 5. The van der Waals surface area contributed by atoms with Gasteiger partial charge in [-0.3, -0.25) is 4.98 Å². The van der Waals surface area contributed by atoms with Gasteiger partial charge in [0.1, 0.15) is 5.15 Å². The van der Waals surface area contributed by atoms with Crippen molar-refractivity contribution in [3.8, 4) is 17.0 Å². The monoisotopic (exact) mass is 402 g/mol. The lowest BCUT2D eigenvalue weighted by Crippen LogP contribution is -2.07. The summed E-state index contributed by atoms with van der Waals surface area (Å²) in [4.78, 5) is 13.1. The summed E-state index contributed by atoms with van der Waals surface area (Å²) >= 11 is 6.55. The Kier molecular flexibility index (Phi) is 5.98. The first-order chi connectivity index (χ1) is 14.3. The fourth-order valence-electron chi connectivity index (χ4n) is 2.89. The lowest BCUT2D eigenvalue weighted by molar-refractivity contribution is 0.311. The third-order valence-corrected chi connectivity index (χ3v) is 4.58. The fraction of sp³-hybridized carbons (Fsp3) is 0.0870. The van der Waals surface area contributed by atoms with Crippen molar-refractivity contribution >= 4 is 23.2 Å². The topological polar surface area (TPSA) is 59.9 Å². The molecule has 4 rings (SSSR count). The summed E-state index contributed by atoms with van der Waals surface area (Å²) in [6.07, 6.45) is 4.28. The van der Waals surface area contributed by atoms with Gasteiger partial charge in [0.15, 0.2) is 0 Å². The van der Waals surface area contributed by atoms with Gasteiger partial charge in [-0.1, -0.05) is 60.1 Å². The van der Waals surface area contributed by atoms with Gasteiger partial charge in [-0.15, -0.1) is 0 Å². The molecule has 0 aliphatic carbocycles. The first-order valence-corrected chi connectivity index (χ1v) is 9.64. The van der Waals surface area contributed by atoms with Crippen LogP contribution in [0.1, 0.15) is 5.56 Å². The van der Waals surface area contributed by atoms with Crippen LogP contribution in [0.3, 0.4) is 0 Å². The number of nitrogens with zero attached hydrogens (tertiary/aromatic N) is 3. The molecule has 0 amide bonds. The Morgan fingerprint density at radius 3 is 2.24 bits per heavy atom. The third-order valence-electron chi connectivity index (χ3n) is 4.30. The number of nitrogens with one attached hydrogen (secondary N) is 1. The van der Waals surface area contributed by atoms with E-state index >= 15 is 0 Å². The highest BCUT2D eigenvalue weighted by atomic mass is 35.5. The second-order valence-corrected chi connectivity index (χ2v) is 6.69. The number of halogens is 1. The summed E-state index contributed by atoms with van der Waals surface area (Å²) in [7, 11) is 0. The molecule has 1 N–H and O–H groups in total. The van der Waals surface area contributed by atoms with Crippen molar-refractivity contribution < 1.29 is 4.74 Å². The summed E-state index contributed by atoms with van der Waals surface area (Å²) in [6.45, 7) is 0.460. The Morgan fingerprint density at radius 1 is 0.828 bits per heavy atom. The Balaban J connectivity index is 1.63. The van der Waals surface area contributed by atoms with Crippen molar-refractivity contribution in [1.29, 1.82) is 0 Å². The smallest absolute Gasteiger partial charge is 0.231 e. The van der Waals surface area contributed by atoms with Gasteiger partial charge in [-0.2, -0.15) is 9.97 Å². The van der Waals surface area contributed by atoms with Crippen LogP contribution in [0.2, 0.25) is 5.15 Å². The highest BCUT2D eigenvalue weighted by Crippen LogP contribution is 2.35. The Labute approximate surface area is 174 Å². The number of pyridine rings is 1. The van der Waals surface area contributed by atoms with Gasteiger partial charge in [-0.25, -0.2) is 0 Å². The van der Waals surface area contributed by atoms with Crippen LogP contribution in [0, 0.1) is 0 Å². The van der Waals surface area contributed by atoms with E-state index in [1.807, 2.05) is 72.8 Å². The number of rotatable bonds is 7. The molecule has 0 bridgehead atoms. The molecule has 2 aromatic carbocycles. The molecule has 0 aliphatic rings. The van der Waals surface area contributed by atoms with Crippen LogP contribution in [-0.4, -0.2) is 21.6 Å². The van der Waals surface area contributed by atoms with Crippen LogP contribution in [0.25, 0.3) is 11.1 Å². The maximum Gasteiger partial charge on any atom is 0.231 e. The van der Waals surface area contributed by atoms with Gasteiger partial charge in [-0.05, 0) is 35.4 Å². The molecule has 0 fully saturated rings. The summed E-state index contributed by atoms with van der Waals surface area (Å²) in [6, 6.07) is 23.4. The Bertz CT molecular complexity index is 1060. The molecule has 0 spiro atoms. The fourth-order valence-corrected chi connectivity index (χ4v) is 3.16. The van der Waals surface area contributed by atoms with Crippen molar-refractivity contribution in [2.24, 2.45) is 0 Å². The summed E-state index contributed by atoms with van der Waals surface area (Å²) < 4.78 is 6.06. The lowest BCUT2D eigenvalue weighted by Gasteiger charge is -2.14. The van der Waals surface area contributed by atoms with Crippen LogP contribution >= 0.6 is 11.6 Å². The molecule has 6 heteroatoms. The molecule has 0 aliphatic heterocycles. The molecule has 5 nitrogen and oxygen atoms in total. The molecule has 0 unspecified atom stereocenters.